The summed E-state index contributed by atoms with van der Waals surface area (Å²) >= 11 is 1.26. The number of benzene rings is 2. The predicted octanol–water partition coefficient (Wildman–Crippen LogP) is 4.33. The number of thioether (sulfide) groups is 1. The number of nitriles is 1. The van der Waals surface area contributed by atoms with Gasteiger partial charge in [0.25, 0.3) is 5.56 Å². The molecule has 0 bridgehead atoms. The second-order valence-corrected chi connectivity index (χ2v) is 8.56. The highest BCUT2D eigenvalue weighted by Crippen LogP contribution is 2.37. The van der Waals surface area contributed by atoms with Crippen molar-refractivity contribution in [2.45, 2.75) is 24.0 Å². The molecule has 158 valence electrons. The SMILES string of the molecule is N#Cc1ccc(NC(=O)CSc2nc3c(-c4ccccc4)c[nH]c3c(=O)n2C2CC2)cc1. The van der Waals surface area contributed by atoms with Crippen LogP contribution in [0, 0.1) is 11.3 Å². The van der Waals surface area contributed by atoms with Crippen LogP contribution in [0.5, 0.6) is 0 Å². The van der Waals surface area contributed by atoms with Gasteiger partial charge in [0.2, 0.25) is 5.91 Å². The van der Waals surface area contributed by atoms with Crippen molar-refractivity contribution in [2.75, 3.05) is 11.1 Å². The zero-order valence-electron chi connectivity index (χ0n) is 17.0. The highest BCUT2D eigenvalue weighted by atomic mass is 32.2. The number of rotatable bonds is 6. The monoisotopic (exact) mass is 441 g/mol. The second-order valence-electron chi connectivity index (χ2n) is 7.62. The number of nitrogens with one attached hydrogen (secondary N) is 2. The van der Waals surface area contributed by atoms with Gasteiger partial charge in [-0.05, 0) is 42.7 Å². The highest BCUT2D eigenvalue weighted by molar-refractivity contribution is 7.99. The van der Waals surface area contributed by atoms with Crippen LogP contribution in [0.15, 0.2) is 70.7 Å². The lowest BCUT2D eigenvalue weighted by atomic mass is 10.1. The Bertz CT molecular complexity index is 1400. The second kappa shape index (κ2) is 8.36. The normalized spacial score (nSPS) is 13.1. The molecule has 0 atom stereocenters. The molecule has 2 aromatic carbocycles. The van der Waals surface area contributed by atoms with Gasteiger partial charge in [0.05, 0.1) is 17.4 Å². The minimum Gasteiger partial charge on any atom is -0.355 e. The number of H-pyrrole nitrogens is 1. The summed E-state index contributed by atoms with van der Waals surface area (Å²) in [7, 11) is 0. The number of carbonyl (C=O) groups excluding carboxylic acids is 1. The molecule has 0 saturated heterocycles. The number of nitrogens with zero attached hydrogens (tertiary/aromatic N) is 3. The minimum atomic E-state index is -0.200. The lowest BCUT2D eigenvalue weighted by molar-refractivity contribution is -0.113. The number of anilines is 1. The maximum absolute atomic E-state index is 13.2. The first-order valence-electron chi connectivity index (χ1n) is 10.3. The van der Waals surface area contributed by atoms with Gasteiger partial charge in [0.15, 0.2) is 5.16 Å². The average molecular weight is 442 g/mol. The number of fused-ring (bicyclic) bond motifs is 1. The minimum absolute atomic E-state index is 0.102. The number of hydrogen-bond donors (Lipinski definition) is 2. The lowest BCUT2D eigenvalue weighted by Gasteiger charge is -2.12. The van der Waals surface area contributed by atoms with Crippen LogP contribution in [0.3, 0.4) is 0 Å². The Kier molecular flexibility index (Phi) is 5.25. The predicted molar refractivity (Wildman–Crippen MR) is 125 cm³/mol. The molecule has 1 aliphatic rings. The molecule has 0 spiro atoms. The summed E-state index contributed by atoms with van der Waals surface area (Å²) in [5, 5.41) is 12.3. The Balaban J connectivity index is 1.43. The van der Waals surface area contributed by atoms with E-state index in [2.05, 4.69) is 16.4 Å². The van der Waals surface area contributed by atoms with Crippen LogP contribution in [0.25, 0.3) is 22.2 Å². The number of amides is 1. The van der Waals surface area contributed by atoms with Crippen LogP contribution >= 0.6 is 11.8 Å². The van der Waals surface area contributed by atoms with E-state index in [0.717, 1.165) is 24.0 Å². The molecule has 2 N–H and O–H groups in total. The molecule has 1 fully saturated rings. The molecule has 0 radical (unpaired) electrons. The third-order valence-corrected chi connectivity index (χ3v) is 6.28. The van der Waals surface area contributed by atoms with E-state index in [1.165, 1.54) is 11.8 Å². The summed E-state index contributed by atoms with van der Waals surface area (Å²) in [5.41, 5.74) is 4.00. The van der Waals surface area contributed by atoms with E-state index < -0.39 is 0 Å². The van der Waals surface area contributed by atoms with E-state index >= 15 is 0 Å². The molecule has 1 amide bonds. The number of aromatic nitrogens is 3. The fourth-order valence-electron chi connectivity index (χ4n) is 3.60. The standard InChI is InChI=1S/C24H19N5O2S/c25-12-15-6-8-17(9-7-15)27-20(30)14-32-24-28-21-19(16-4-2-1-3-5-16)13-26-22(21)23(31)29(24)18-10-11-18/h1-9,13,18,26H,10-11,14H2,(H,27,30). The van der Waals surface area contributed by atoms with E-state index in [1.807, 2.05) is 36.5 Å². The van der Waals surface area contributed by atoms with Crippen molar-refractivity contribution in [1.29, 1.82) is 5.26 Å². The van der Waals surface area contributed by atoms with E-state index in [0.29, 0.717) is 27.4 Å². The fourth-order valence-corrected chi connectivity index (χ4v) is 4.46. The quantitative estimate of drug-likeness (QED) is 0.342. The molecule has 8 heteroatoms. The van der Waals surface area contributed by atoms with Gasteiger partial charge in [-0.25, -0.2) is 4.98 Å². The molecule has 2 heterocycles. The van der Waals surface area contributed by atoms with Gasteiger partial charge in [-0.3, -0.25) is 14.2 Å². The van der Waals surface area contributed by atoms with Gasteiger partial charge in [-0.2, -0.15) is 5.26 Å². The molecule has 4 aromatic rings. The Morgan fingerprint density at radius 1 is 1.19 bits per heavy atom. The molecular formula is C24H19N5O2S. The highest BCUT2D eigenvalue weighted by Gasteiger charge is 2.29. The number of aromatic amines is 1. The van der Waals surface area contributed by atoms with Crippen molar-refractivity contribution in [3.05, 3.63) is 76.7 Å². The first-order chi connectivity index (χ1) is 15.6. The van der Waals surface area contributed by atoms with E-state index in [9.17, 15) is 9.59 Å². The van der Waals surface area contributed by atoms with Crippen LogP contribution in [-0.2, 0) is 4.79 Å². The summed E-state index contributed by atoms with van der Waals surface area (Å²) < 4.78 is 1.72. The maximum atomic E-state index is 13.2. The van der Waals surface area contributed by atoms with E-state index in [4.69, 9.17) is 10.2 Å². The summed E-state index contributed by atoms with van der Waals surface area (Å²) in [6.07, 6.45) is 3.69. The molecular weight excluding hydrogens is 422 g/mol. The zero-order chi connectivity index (χ0) is 22.1. The van der Waals surface area contributed by atoms with E-state index in [1.54, 1.807) is 28.8 Å². The molecule has 1 aliphatic carbocycles. The van der Waals surface area contributed by atoms with E-state index in [-0.39, 0.29) is 23.3 Å². The summed E-state index contributed by atoms with van der Waals surface area (Å²) in [4.78, 5) is 33.6. The van der Waals surface area contributed by atoms with Gasteiger partial charge in [0.1, 0.15) is 11.0 Å². The number of carbonyl (C=O) groups is 1. The average Bonchev–Trinajstić information content (AvgIpc) is 3.56. The van der Waals surface area contributed by atoms with Crippen LogP contribution in [0.2, 0.25) is 0 Å². The molecule has 1 saturated carbocycles. The first kappa shape index (κ1) is 20.1. The van der Waals surface area contributed by atoms with Crippen molar-refractivity contribution in [3.8, 4) is 17.2 Å². The number of hydrogen-bond acceptors (Lipinski definition) is 5. The van der Waals surface area contributed by atoms with Crippen LogP contribution in [0.4, 0.5) is 5.69 Å². The molecule has 0 unspecified atom stereocenters. The third kappa shape index (κ3) is 3.90. The van der Waals surface area contributed by atoms with Crippen molar-refractivity contribution in [1.82, 2.24) is 14.5 Å². The van der Waals surface area contributed by atoms with Gasteiger partial charge in [0, 0.05) is 23.5 Å². The largest absolute Gasteiger partial charge is 0.355 e. The van der Waals surface area contributed by atoms with Crippen LogP contribution < -0.4 is 10.9 Å². The summed E-state index contributed by atoms with van der Waals surface area (Å²) in [6, 6.07) is 18.7. The molecule has 2 aromatic heterocycles. The van der Waals surface area contributed by atoms with Gasteiger partial charge in [-0.15, -0.1) is 0 Å². The summed E-state index contributed by atoms with van der Waals surface area (Å²) in [6.45, 7) is 0. The smallest absolute Gasteiger partial charge is 0.278 e. The maximum Gasteiger partial charge on any atom is 0.278 e. The molecule has 5 rings (SSSR count). The molecule has 0 aliphatic heterocycles. The Morgan fingerprint density at radius 2 is 1.94 bits per heavy atom. The van der Waals surface area contributed by atoms with Gasteiger partial charge in [-0.1, -0.05) is 42.1 Å². The van der Waals surface area contributed by atoms with Crippen molar-refractivity contribution in [3.63, 3.8) is 0 Å². The first-order valence-corrected chi connectivity index (χ1v) is 11.2. The Hall–Kier alpha value is -3.83. The van der Waals surface area contributed by atoms with Crippen molar-refractivity contribution in [2.24, 2.45) is 0 Å². The van der Waals surface area contributed by atoms with Crippen molar-refractivity contribution >= 4 is 34.4 Å². The van der Waals surface area contributed by atoms with Crippen LogP contribution in [0.1, 0.15) is 24.4 Å². The topological polar surface area (TPSA) is 104 Å². The fraction of sp³-hybridized carbons (Fsp3) is 0.167. The molecule has 32 heavy (non-hydrogen) atoms. The van der Waals surface area contributed by atoms with Gasteiger partial charge >= 0.3 is 0 Å². The third-order valence-electron chi connectivity index (χ3n) is 5.33. The Morgan fingerprint density at radius 3 is 2.62 bits per heavy atom. The zero-order valence-corrected chi connectivity index (χ0v) is 17.9. The van der Waals surface area contributed by atoms with Crippen molar-refractivity contribution < 1.29 is 4.79 Å². The van der Waals surface area contributed by atoms with Crippen LogP contribution in [-0.4, -0.2) is 26.2 Å². The molecule has 7 nitrogen and oxygen atoms in total. The summed E-state index contributed by atoms with van der Waals surface area (Å²) in [5.74, 6) is -0.0794. The lowest BCUT2D eigenvalue weighted by Crippen LogP contribution is -2.23. The van der Waals surface area contributed by atoms with Gasteiger partial charge < -0.3 is 10.3 Å². The Labute approximate surface area is 188 Å².